The number of piperidine rings is 2. The number of phenolic OH excluding ortho intramolecular Hbond substituents is 1. The first kappa shape index (κ1) is 42.2. The minimum absolute atomic E-state index is 0.00589. The molecule has 14 nitrogen and oxygen atoms in total. The van der Waals surface area contributed by atoms with Gasteiger partial charge >= 0.3 is 0 Å². The number of fused-ring (bicyclic) bond motifs is 2. The maximum atomic E-state index is 14.4. The fraction of sp³-hybridized carbons (Fsp3) is 0.404. The number of nitrogens with one attached hydrogen (secondary N) is 2. The van der Waals surface area contributed by atoms with E-state index in [0.29, 0.717) is 35.3 Å². The molecule has 1 aromatic heterocycles. The van der Waals surface area contributed by atoms with Crippen molar-refractivity contribution in [2.75, 3.05) is 56.0 Å². The maximum absolute atomic E-state index is 14.4. The normalized spacial score (nSPS) is 20.0. The van der Waals surface area contributed by atoms with E-state index in [0.717, 1.165) is 112 Å². The molecule has 2 unspecified atom stereocenters. The van der Waals surface area contributed by atoms with Crippen LogP contribution >= 0.6 is 11.3 Å². The smallest absolute Gasteiger partial charge is 0.255 e. The molecule has 5 aliphatic rings. The average Bonchev–Trinajstić information content (AvgIpc) is 4.01. The van der Waals surface area contributed by atoms with Crippen LogP contribution in [-0.2, 0) is 27.5 Å². The van der Waals surface area contributed by atoms with Gasteiger partial charge in [-0.15, -0.1) is 11.3 Å². The van der Waals surface area contributed by atoms with E-state index in [1.165, 1.54) is 22.3 Å². The van der Waals surface area contributed by atoms with Gasteiger partial charge in [-0.25, -0.2) is 9.37 Å². The first-order chi connectivity index (χ1) is 30.6. The fourth-order valence-corrected chi connectivity index (χ4v) is 10.2. The minimum atomic E-state index is -1.27. The summed E-state index contributed by atoms with van der Waals surface area (Å²) in [7, 11) is 0. The Kier molecular flexibility index (Phi) is 12.2. The number of thiazole rings is 1. The zero-order valence-electron chi connectivity index (χ0n) is 34.9. The number of carbonyl (C=O) groups excluding carboxylic acids is 5. The Hall–Kier alpha value is -6.15. The van der Waals surface area contributed by atoms with Crippen molar-refractivity contribution in [2.45, 2.75) is 76.2 Å². The largest absolute Gasteiger partial charge is 0.508 e. The Morgan fingerprint density at radius 3 is 2.54 bits per heavy atom. The molecule has 9 rings (SSSR count). The van der Waals surface area contributed by atoms with Crippen LogP contribution in [0.15, 0.2) is 66.2 Å². The topological polar surface area (TPSA) is 159 Å². The molecule has 4 aromatic rings. The molecule has 0 spiro atoms. The molecule has 0 aliphatic carbocycles. The highest BCUT2D eigenvalue weighted by Crippen LogP contribution is 2.38. The zero-order valence-corrected chi connectivity index (χ0v) is 35.7. The molecule has 5 aliphatic heterocycles. The fourth-order valence-electron chi connectivity index (χ4n) is 9.62. The van der Waals surface area contributed by atoms with Gasteiger partial charge in [-0.3, -0.25) is 39.5 Å². The van der Waals surface area contributed by atoms with Crippen molar-refractivity contribution in [1.82, 2.24) is 29.9 Å². The molecule has 0 radical (unpaired) electrons. The third kappa shape index (κ3) is 8.91. The summed E-state index contributed by atoms with van der Waals surface area (Å²) in [6, 6.07) is 13.4. The Balaban J connectivity index is 0.725. The highest BCUT2D eigenvalue weighted by molar-refractivity contribution is 7.13. The molecule has 3 fully saturated rings. The number of hydrogen-bond acceptors (Lipinski definition) is 11. The van der Waals surface area contributed by atoms with Gasteiger partial charge in [0.2, 0.25) is 11.8 Å². The second kappa shape index (κ2) is 18.3. The first-order valence-electron chi connectivity index (χ1n) is 21.7. The highest BCUT2D eigenvalue weighted by Gasteiger charge is 2.41. The molecule has 0 bridgehead atoms. The van der Waals surface area contributed by atoms with Gasteiger partial charge in [0, 0.05) is 111 Å². The van der Waals surface area contributed by atoms with E-state index < -0.39 is 29.7 Å². The number of rotatable bonds is 11. The third-order valence-electron chi connectivity index (χ3n) is 13.0. The number of unbranched alkanes of at least 4 members (excludes halogenated alkanes) is 2. The minimum Gasteiger partial charge on any atom is -0.508 e. The Bertz CT molecular complexity index is 2490. The van der Waals surface area contributed by atoms with Crippen molar-refractivity contribution in [3.63, 3.8) is 0 Å². The quantitative estimate of drug-likeness (QED) is 0.108. The van der Waals surface area contributed by atoms with Crippen molar-refractivity contribution in [3.8, 4) is 17.6 Å². The number of aromatic hydroxyl groups is 1. The van der Waals surface area contributed by atoms with Crippen LogP contribution in [0.3, 0.4) is 0 Å². The van der Waals surface area contributed by atoms with Crippen molar-refractivity contribution in [3.05, 3.63) is 105 Å². The number of imide groups is 1. The van der Waals surface area contributed by atoms with Gasteiger partial charge in [-0.2, -0.15) is 0 Å². The first-order valence-corrected chi connectivity index (χ1v) is 22.6. The molecular weight excluding hydrogens is 824 g/mol. The SMILES string of the molecule is O=C1CCC(N2Cc3c(C#CCCCCN4CCN(C5CCN(c6ccc7c(c6)C(=O)N(C(C(=O)Nc6nccs6)c6cc(F)ccc6O)C7)CC5)CC4)cccc3C2=O)C(=O)N1. The van der Waals surface area contributed by atoms with Gasteiger partial charge < -0.3 is 24.7 Å². The van der Waals surface area contributed by atoms with Crippen LogP contribution in [0.25, 0.3) is 0 Å². The summed E-state index contributed by atoms with van der Waals surface area (Å²) in [6.07, 6.45) is 6.93. The van der Waals surface area contributed by atoms with E-state index in [9.17, 15) is 33.5 Å². The van der Waals surface area contributed by atoms with Crippen LogP contribution in [-0.4, -0.2) is 117 Å². The molecule has 16 heteroatoms. The van der Waals surface area contributed by atoms with Crippen LogP contribution < -0.4 is 15.5 Å². The molecule has 5 amide bonds. The lowest BCUT2D eigenvalue weighted by atomic mass is 10.0. The summed E-state index contributed by atoms with van der Waals surface area (Å²) >= 11 is 1.22. The van der Waals surface area contributed by atoms with E-state index in [4.69, 9.17) is 0 Å². The summed E-state index contributed by atoms with van der Waals surface area (Å²) in [5, 5.41) is 17.8. The van der Waals surface area contributed by atoms with E-state index >= 15 is 0 Å². The lowest BCUT2D eigenvalue weighted by Gasteiger charge is -2.43. The van der Waals surface area contributed by atoms with Crippen molar-refractivity contribution in [1.29, 1.82) is 0 Å². The molecular formula is C47H49FN8O6S. The van der Waals surface area contributed by atoms with Gasteiger partial charge in [0.05, 0.1) is 0 Å². The number of carbonyl (C=O) groups is 5. The Morgan fingerprint density at radius 1 is 0.937 bits per heavy atom. The van der Waals surface area contributed by atoms with Gasteiger partial charge in [0.1, 0.15) is 23.7 Å². The van der Waals surface area contributed by atoms with Gasteiger partial charge in [0.25, 0.3) is 17.7 Å². The van der Waals surface area contributed by atoms with E-state index in [1.807, 2.05) is 30.3 Å². The van der Waals surface area contributed by atoms with Crippen LogP contribution in [0.5, 0.6) is 5.75 Å². The zero-order chi connectivity index (χ0) is 43.6. The molecule has 0 saturated carbocycles. The molecule has 2 atom stereocenters. The molecule has 3 aromatic carbocycles. The molecule has 3 saturated heterocycles. The average molecular weight is 873 g/mol. The monoisotopic (exact) mass is 872 g/mol. The molecule has 3 N–H and O–H groups in total. The summed E-state index contributed by atoms with van der Waals surface area (Å²) in [5.41, 5.74) is 4.47. The number of nitrogens with zero attached hydrogens (tertiary/aromatic N) is 6. The number of piperazine rings is 1. The van der Waals surface area contributed by atoms with Crippen molar-refractivity contribution in [2.24, 2.45) is 0 Å². The van der Waals surface area contributed by atoms with E-state index in [-0.39, 0.29) is 42.0 Å². The van der Waals surface area contributed by atoms with Crippen molar-refractivity contribution >= 4 is 51.7 Å². The molecule has 63 heavy (non-hydrogen) atoms. The molecule has 6 heterocycles. The summed E-state index contributed by atoms with van der Waals surface area (Å²) < 4.78 is 14.4. The predicted octanol–water partition coefficient (Wildman–Crippen LogP) is 4.89. The summed E-state index contributed by atoms with van der Waals surface area (Å²) in [6.45, 7) is 7.31. The second-order valence-electron chi connectivity index (χ2n) is 16.8. The summed E-state index contributed by atoms with van der Waals surface area (Å²) in [4.78, 5) is 79.4. The van der Waals surface area contributed by atoms with Gasteiger partial charge in [-0.1, -0.05) is 24.0 Å². The van der Waals surface area contributed by atoms with Crippen molar-refractivity contribution < 1.29 is 33.5 Å². The predicted molar refractivity (Wildman–Crippen MR) is 234 cm³/mol. The maximum Gasteiger partial charge on any atom is 0.255 e. The van der Waals surface area contributed by atoms with Gasteiger partial charge in [-0.05, 0) is 92.2 Å². The second-order valence-corrected chi connectivity index (χ2v) is 17.7. The lowest BCUT2D eigenvalue weighted by molar-refractivity contribution is -0.137. The molecule has 326 valence electrons. The summed E-state index contributed by atoms with van der Waals surface area (Å²) in [5.74, 6) is 3.84. The number of halogens is 1. The number of phenols is 1. The van der Waals surface area contributed by atoms with Gasteiger partial charge in [0.15, 0.2) is 5.13 Å². The van der Waals surface area contributed by atoms with E-state index in [1.54, 1.807) is 22.5 Å². The number of benzene rings is 3. The van der Waals surface area contributed by atoms with Crippen LogP contribution in [0, 0.1) is 17.7 Å². The highest BCUT2D eigenvalue weighted by atomic mass is 32.1. The lowest BCUT2D eigenvalue weighted by Crippen LogP contribution is -2.53. The van der Waals surface area contributed by atoms with E-state index in [2.05, 4.69) is 42.2 Å². The number of anilines is 2. The number of aromatic nitrogens is 1. The van der Waals surface area contributed by atoms with Crippen LogP contribution in [0.1, 0.15) is 94.0 Å². The number of hydrogen-bond donors (Lipinski definition) is 3. The third-order valence-corrected chi connectivity index (χ3v) is 13.7. The number of amides is 5. The Morgan fingerprint density at radius 2 is 1.76 bits per heavy atom. The standard InChI is InChI=1S/C47H49FN8O6S/c48-32-10-13-40(57)37(26-32)42(44(60)51-47-49-17-25-63-47)56-28-31-9-11-34(27-36(31)46(56)62)53-19-15-33(16-20-53)54-23-21-52(22-24-54)18-4-2-1-3-6-30-7-5-8-35-38(30)29-55(45(35)61)39-12-14-41(58)50-43(39)59/h5,7-11,13,17,25-27,33,39,42,57H,1-2,4,12,14-16,18-24,28-29H2,(H,49,51,60)(H,50,58,59). The Labute approximate surface area is 369 Å². The van der Waals surface area contributed by atoms with Crippen LogP contribution in [0.2, 0.25) is 0 Å². The van der Waals surface area contributed by atoms with Crippen LogP contribution in [0.4, 0.5) is 15.2 Å².